The highest BCUT2D eigenvalue weighted by atomic mass is 32.2. The Morgan fingerprint density at radius 2 is 1.56 bits per heavy atom. The molecule has 0 saturated heterocycles. The van der Waals surface area contributed by atoms with Crippen molar-refractivity contribution in [2.24, 2.45) is 23.7 Å². The van der Waals surface area contributed by atoms with Crippen LogP contribution in [0.5, 0.6) is 23.0 Å². The van der Waals surface area contributed by atoms with Crippen LogP contribution in [0.3, 0.4) is 0 Å². The number of aromatic hydroxyl groups is 3. The second-order valence-electron chi connectivity index (χ2n) is 16.7. The molecular weight excluding hydrogens is 837 g/mol. The van der Waals surface area contributed by atoms with Gasteiger partial charge in [-0.15, -0.1) is 0 Å². The number of fused-ring (bicyclic) bond motifs is 14. The zero-order chi connectivity index (χ0) is 46.9. The van der Waals surface area contributed by atoms with E-state index >= 15 is 0 Å². The van der Waals surface area contributed by atoms with Crippen LogP contribution in [0.4, 0.5) is 5.69 Å². The number of phenols is 3. The van der Waals surface area contributed by atoms with Gasteiger partial charge >= 0.3 is 11.8 Å². The molecule has 1 amide bonds. The fourth-order valence-corrected chi connectivity index (χ4v) is 8.78. The first kappa shape index (κ1) is 48.6. The normalized spacial score (nSPS) is 29.0. The van der Waals surface area contributed by atoms with Crippen molar-refractivity contribution < 1.29 is 67.3 Å². The maximum atomic E-state index is 14.5. The van der Waals surface area contributed by atoms with Crippen LogP contribution in [0.25, 0.3) is 10.8 Å². The highest BCUT2D eigenvalue weighted by molar-refractivity contribution is 7.90. The first-order valence-electron chi connectivity index (χ1n) is 20.5. The number of ether oxygens (including phenoxy) is 4. The predicted molar refractivity (Wildman–Crippen MR) is 234 cm³/mol. The molecule has 0 aromatic heterocycles. The maximum absolute atomic E-state index is 14.5. The lowest BCUT2D eigenvalue weighted by molar-refractivity contribution is -0.160. The van der Waals surface area contributed by atoms with Crippen LogP contribution in [-0.2, 0) is 46.7 Å². The van der Waals surface area contributed by atoms with E-state index in [1.807, 2.05) is 0 Å². The number of methoxy groups -OCH3 is 1. The van der Waals surface area contributed by atoms with Gasteiger partial charge in [0, 0.05) is 86.1 Å². The summed E-state index contributed by atoms with van der Waals surface area (Å²) < 4.78 is 47.6. The number of rotatable bonds is 7. The van der Waals surface area contributed by atoms with Gasteiger partial charge in [0.25, 0.3) is 11.7 Å². The van der Waals surface area contributed by atoms with Crippen LogP contribution in [-0.4, -0.2) is 95.2 Å². The summed E-state index contributed by atoms with van der Waals surface area (Å²) in [5, 5.41) is 63.8. The molecule has 3 aliphatic heterocycles. The molecule has 3 aromatic rings. The minimum absolute atomic E-state index is 0.0231. The van der Waals surface area contributed by atoms with Gasteiger partial charge in [-0.25, -0.2) is 8.42 Å². The van der Waals surface area contributed by atoms with Crippen LogP contribution >= 0.6 is 0 Å². The maximum Gasteiger partial charge on any atom is 0.312 e. The van der Waals surface area contributed by atoms with Gasteiger partial charge in [-0.1, -0.05) is 58.1 Å². The molecule has 17 heteroatoms. The summed E-state index contributed by atoms with van der Waals surface area (Å²) in [4.78, 5) is 40.7. The molecule has 16 nitrogen and oxygen atoms in total. The van der Waals surface area contributed by atoms with Crippen LogP contribution in [0.15, 0.2) is 65.3 Å². The van der Waals surface area contributed by atoms with E-state index in [1.54, 1.807) is 52.0 Å². The molecule has 7 N–H and O–H groups in total. The molecule has 63 heavy (non-hydrogen) atoms. The number of Topliss-reactive ketones (excluding diaryl/α,β-unsaturated/α-hetero) is 1. The van der Waals surface area contributed by atoms with Crippen molar-refractivity contribution in [2.45, 2.75) is 104 Å². The van der Waals surface area contributed by atoms with Gasteiger partial charge in [0.05, 0.1) is 46.1 Å². The number of aliphatic hydroxyl groups excluding tert-OH is 2. The first-order valence-corrected chi connectivity index (χ1v) is 22.4. The van der Waals surface area contributed by atoms with Crippen LogP contribution < -0.4 is 15.4 Å². The molecular formula is C46H58N2O14S. The number of hydrogen-bond acceptors (Lipinski definition) is 15. The number of anilines is 1. The third kappa shape index (κ3) is 9.87. The number of carbonyl (C=O) groups excluding carboxylic acids is 3. The highest BCUT2D eigenvalue weighted by Crippen LogP contribution is 2.55. The van der Waals surface area contributed by atoms with E-state index in [0.717, 1.165) is 6.26 Å². The van der Waals surface area contributed by atoms with Crippen molar-refractivity contribution in [1.82, 2.24) is 5.32 Å². The minimum Gasteiger partial charge on any atom is -0.507 e. The number of phenolic OH excluding ortho intramolecular Hbond substituents is 3. The quantitative estimate of drug-likeness (QED) is 0.0886. The summed E-state index contributed by atoms with van der Waals surface area (Å²) in [5.41, 5.74) is 0.274. The fourth-order valence-electron chi connectivity index (χ4n) is 8.14. The molecule has 0 aliphatic carbocycles. The summed E-state index contributed by atoms with van der Waals surface area (Å²) in [6.45, 7) is 12.3. The average molecular weight is 895 g/mol. The summed E-state index contributed by atoms with van der Waals surface area (Å²) in [5.74, 6) is -8.67. The monoisotopic (exact) mass is 894 g/mol. The van der Waals surface area contributed by atoms with Crippen molar-refractivity contribution in [3.63, 3.8) is 0 Å². The minimum atomic E-state index is -3.45. The van der Waals surface area contributed by atoms with Gasteiger partial charge in [-0.05, 0) is 37.6 Å². The van der Waals surface area contributed by atoms with Crippen molar-refractivity contribution in [2.75, 3.05) is 18.7 Å². The Bertz CT molecular complexity index is 2460. The first-order chi connectivity index (χ1) is 29.4. The van der Waals surface area contributed by atoms with E-state index in [0.29, 0.717) is 5.56 Å². The zero-order valence-corrected chi connectivity index (χ0v) is 37.9. The van der Waals surface area contributed by atoms with Crippen molar-refractivity contribution in [3.8, 4) is 23.0 Å². The van der Waals surface area contributed by atoms with Gasteiger partial charge in [0.15, 0.2) is 15.6 Å². The van der Waals surface area contributed by atoms with Crippen LogP contribution in [0.1, 0.15) is 75.5 Å². The molecule has 0 spiro atoms. The van der Waals surface area contributed by atoms with Gasteiger partial charge in [0.1, 0.15) is 23.4 Å². The van der Waals surface area contributed by atoms with Crippen molar-refractivity contribution >= 4 is 44.0 Å². The summed E-state index contributed by atoms with van der Waals surface area (Å²) in [6, 6.07) is 6.11. The molecule has 3 heterocycles. The third-order valence-corrected chi connectivity index (χ3v) is 13.2. The van der Waals surface area contributed by atoms with Crippen molar-refractivity contribution in [3.05, 3.63) is 82.7 Å². The Balaban J connectivity index is 1.67. The standard InChI is InChI=1S/C46H58N2O14S/c1-22-12-11-13-23(2)45(56)48-36-31(21-47-20-29-14-16-30(17-15-29)63(10,57)58)40(53)33-34(41(36)54)39(52)27(6)43-35(33)44(55)46(8,62-43)60-19-18-32(59-9)24(3)42(61-28(7)49)26(5)38(51)25(4)37(22)50/h11-19,22,24-26,32,37-38,42,47,50-54H,20-21H2,1-10H3,(H,48,56)/b12-11+,19-18+,23-13-/t22-,24+,25+,26+,32-,37-,38+,42+,46-/m0/s1. The second-order valence-corrected chi connectivity index (χ2v) is 18.7. The van der Waals surface area contributed by atoms with Gasteiger partial charge in [0.2, 0.25) is 0 Å². The number of esters is 1. The van der Waals surface area contributed by atoms with Gasteiger partial charge < -0.3 is 55.1 Å². The average Bonchev–Trinajstić information content (AvgIpc) is 3.49. The molecule has 3 aliphatic rings. The van der Waals surface area contributed by atoms with E-state index in [9.17, 15) is 48.3 Å². The van der Waals surface area contributed by atoms with Crippen LogP contribution in [0, 0.1) is 30.6 Å². The predicted octanol–water partition coefficient (Wildman–Crippen LogP) is 5.45. The van der Waals surface area contributed by atoms with E-state index in [1.165, 1.54) is 65.4 Å². The van der Waals surface area contributed by atoms with E-state index in [4.69, 9.17) is 18.9 Å². The topological polar surface area (TPSA) is 247 Å². The number of carbonyl (C=O) groups is 3. The Morgan fingerprint density at radius 1 is 0.905 bits per heavy atom. The largest absolute Gasteiger partial charge is 0.507 e. The number of benzene rings is 3. The molecule has 3 aromatic carbocycles. The molecule has 342 valence electrons. The summed E-state index contributed by atoms with van der Waals surface area (Å²) in [6.07, 6.45) is 4.44. The SMILES string of the molecule is CO[C@H]1/C=C/O[C@@]2(C)Oc3c(C)c(O)c4c(O)c(c(CNCc5ccc(S(C)(=O)=O)cc5)c(O)c4c3C2=O)NC(=O)/C(C)=C\C=C\[C@H](C)[C@H](O)[C@@H](C)[C@@H](O)[C@@H](C)[C@H](OC(C)=O)[C@@H]1C. The van der Waals surface area contributed by atoms with E-state index in [2.05, 4.69) is 10.6 Å². The summed E-state index contributed by atoms with van der Waals surface area (Å²) >= 11 is 0. The molecule has 0 fully saturated rings. The van der Waals surface area contributed by atoms with Crippen LogP contribution in [0.2, 0.25) is 0 Å². The molecule has 9 atom stereocenters. The number of nitrogens with one attached hydrogen (secondary N) is 2. The van der Waals surface area contributed by atoms with Gasteiger partial charge in [-0.2, -0.15) is 0 Å². The second kappa shape index (κ2) is 19.1. The highest BCUT2D eigenvalue weighted by Gasteiger charge is 2.50. The molecule has 0 radical (unpaired) electrons. The molecule has 0 saturated carbocycles. The van der Waals surface area contributed by atoms with Gasteiger partial charge in [-0.3, -0.25) is 14.4 Å². The number of aliphatic hydroxyl groups is 2. The Labute approximate surface area is 367 Å². The third-order valence-electron chi connectivity index (χ3n) is 12.1. The number of allylic oxidation sites excluding steroid dienone is 2. The zero-order valence-electron chi connectivity index (χ0n) is 37.0. The Morgan fingerprint density at radius 3 is 2.16 bits per heavy atom. The van der Waals surface area contributed by atoms with Crippen molar-refractivity contribution in [1.29, 1.82) is 0 Å². The number of sulfone groups is 1. The number of amides is 1. The number of ketones is 1. The Hall–Kier alpha value is -5.46. The molecule has 6 rings (SSSR count). The molecule has 0 unspecified atom stereocenters. The Kier molecular flexibility index (Phi) is 14.7. The lowest BCUT2D eigenvalue weighted by atomic mass is 9.78. The fraction of sp³-hybridized carbons (Fsp3) is 0.457. The van der Waals surface area contributed by atoms with E-state index < -0.39 is 98.6 Å². The smallest absolute Gasteiger partial charge is 0.312 e. The number of hydrogen-bond donors (Lipinski definition) is 7. The lowest BCUT2D eigenvalue weighted by Crippen LogP contribution is -2.46. The molecule has 5 bridgehead atoms. The lowest BCUT2D eigenvalue weighted by Gasteiger charge is -2.38. The van der Waals surface area contributed by atoms with E-state index in [-0.39, 0.29) is 62.5 Å². The summed E-state index contributed by atoms with van der Waals surface area (Å²) in [7, 11) is -2.03.